The van der Waals surface area contributed by atoms with Gasteiger partial charge < -0.3 is 14.8 Å². The van der Waals surface area contributed by atoms with Crippen molar-refractivity contribution < 1.29 is 18.7 Å². The molecule has 0 heterocycles. The molecular formula is C14H20FNO3. The van der Waals surface area contributed by atoms with Crippen LogP contribution in [0.5, 0.6) is 11.5 Å². The first-order chi connectivity index (χ1) is 8.88. The quantitative estimate of drug-likeness (QED) is 0.860. The Morgan fingerprint density at radius 3 is 2.53 bits per heavy atom. The van der Waals surface area contributed by atoms with Crippen LogP contribution in [0, 0.1) is 0 Å². The predicted octanol–water partition coefficient (Wildman–Crippen LogP) is 2.11. The average molecular weight is 269 g/mol. The van der Waals surface area contributed by atoms with Crippen LogP contribution in [-0.2, 0) is 11.2 Å². The van der Waals surface area contributed by atoms with Gasteiger partial charge in [-0.15, -0.1) is 0 Å². The smallest absolute Gasteiger partial charge is 0.257 e. The third-order valence-corrected chi connectivity index (χ3v) is 2.71. The normalized spacial score (nSPS) is 11.0. The first kappa shape index (κ1) is 15.3. The number of carbonyl (C=O) groups is 1. The zero-order valence-corrected chi connectivity index (χ0v) is 11.7. The largest absolute Gasteiger partial charge is 0.497 e. The van der Waals surface area contributed by atoms with Crippen molar-refractivity contribution in [1.29, 1.82) is 0 Å². The van der Waals surface area contributed by atoms with Gasteiger partial charge in [0.1, 0.15) is 11.5 Å². The minimum atomic E-state index is -1.86. The summed E-state index contributed by atoms with van der Waals surface area (Å²) < 4.78 is 23.7. The summed E-state index contributed by atoms with van der Waals surface area (Å²) in [4.78, 5) is 11.4. The van der Waals surface area contributed by atoms with E-state index in [0.717, 1.165) is 11.3 Å². The summed E-state index contributed by atoms with van der Waals surface area (Å²) in [5.41, 5.74) is -0.961. The maximum absolute atomic E-state index is 13.3. The molecule has 0 spiro atoms. The van der Waals surface area contributed by atoms with Gasteiger partial charge in [0, 0.05) is 6.54 Å². The van der Waals surface area contributed by atoms with E-state index in [1.807, 2.05) is 6.07 Å². The molecule has 1 N–H and O–H groups in total. The van der Waals surface area contributed by atoms with Gasteiger partial charge in [0.05, 0.1) is 14.2 Å². The zero-order valence-electron chi connectivity index (χ0n) is 11.7. The molecule has 0 fully saturated rings. The van der Waals surface area contributed by atoms with Gasteiger partial charge in [-0.1, -0.05) is 0 Å². The Bertz CT molecular complexity index is 441. The van der Waals surface area contributed by atoms with Crippen LogP contribution in [0.25, 0.3) is 0 Å². The minimum absolute atomic E-state index is 0.343. The summed E-state index contributed by atoms with van der Waals surface area (Å²) in [6.07, 6.45) is 0.544. The molecule has 0 aliphatic carbocycles. The first-order valence-electron chi connectivity index (χ1n) is 6.06. The molecule has 0 aliphatic heterocycles. The summed E-state index contributed by atoms with van der Waals surface area (Å²) in [6.45, 7) is 2.80. The molecule has 0 atom stereocenters. The lowest BCUT2D eigenvalue weighted by molar-refractivity contribution is -0.130. The molecule has 1 amide bonds. The highest BCUT2D eigenvalue weighted by Crippen LogP contribution is 2.24. The van der Waals surface area contributed by atoms with Crippen LogP contribution in [0.4, 0.5) is 4.39 Å². The van der Waals surface area contributed by atoms with Gasteiger partial charge in [0.15, 0.2) is 5.67 Å². The van der Waals surface area contributed by atoms with E-state index in [1.54, 1.807) is 26.4 Å². The molecule has 1 aromatic carbocycles. The zero-order chi connectivity index (χ0) is 14.5. The number of hydrogen-bond donors (Lipinski definition) is 1. The molecule has 0 radical (unpaired) electrons. The highest BCUT2D eigenvalue weighted by atomic mass is 19.1. The van der Waals surface area contributed by atoms with E-state index in [-0.39, 0.29) is 0 Å². The first-order valence-corrected chi connectivity index (χ1v) is 6.06. The van der Waals surface area contributed by atoms with Crippen LogP contribution < -0.4 is 14.8 Å². The molecule has 106 valence electrons. The van der Waals surface area contributed by atoms with Crippen LogP contribution in [0.3, 0.4) is 0 Å². The number of methoxy groups -OCH3 is 2. The summed E-state index contributed by atoms with van der Waals surface area (Å²) in [7, 11) is 3.16. The number of halogens is 1. The van der Waals surface area contributed by atoms with Crippen molar-refractivity contribution in [2.75, 3.05) is 20.8 Å². The maximum atomic E-state index is 13.3. The Morgan fingerprint density at radius 1 is 1.32 bits per heavy atom. The molecule has 19 heavy (non-hydrogen) atoms. The van der Waals surface area contributed by atoms with Gasteiger partial charge in [-0.3, -0.25) is 4.79 Å². The lowest BCUT2D eigenvalue weighted by Gasteiger charge is -2.15. The fourth-order valence-corrected chi connectivity index (χ4v) is 1.60. The Labute approximate surface area is 112 Å². The fourth-order valence-electron chi connectivity index (χ4n) is 1.60. The van der Waals surface area contributed by atoms with E-state index in [4.69, 9.17) is 9.47 Å². The van der Waals surface area contributed by atoms with E-state index in [1.165, 1.54) is 13.8 Å². The third kappa shape index (κ3) is 4.43. The summed E-state index contributed by atoms with van der Waals surface area (Å²) in [5, 5.41) is 2.55. The van der Waals surface area contributed by atoms with Crippen molar-refractivity contribution in [3.8, 4) is 11.5 Å². The van der Waals surface area contributed by atoms with Crippen molar-refractivity contribution in [3.63, 3.8) is 0 Å². The number of carbonyl (C=O) groups excluding carboxylic acids is 1. The van der Waals surface area contributed by atoms with Crippen molar-refractivity contribution in [1.82, 2.24) is 5.32 Å². The second kappa shape index (κ2) is 6.41. The maximum Gasteiger partial charge on any atom is 0.257 e. The molecule has 0 aliphatic rings. The van der Waals surface area contributed by atoms with Crippen molar-refractivity contribution in [2.24, 2.45) is 0 Å². The summed E-state index contributed by atoms with van der Waals surface area (Å²) in [5.74, 6) is 0.817. The van der Waals surface area contributed by atoms with E-state index in [9.17, 15) is 9.18 Å². The average Bonchev–Trinajstić information content (AvgIpc) is 2.37. The second-order valence-corrected chi connectivity index (χ2v) is 4.66. The molecule has 0 saturated heterocycles. The Kier molecular flexibility index (Phi) is 5.15. The molecule has 1 rings (SSSR count). The standard InChI is InChI=1S/C14H20FNO3/c1-14(2,15)13(17)16-8-7-10-9-11(18-3)5-6-12(10)19-4/h5-6,9H,7-8H2,1-4H3,(H,16,17). The topological polar surface area (TPSA) is 47.6 Å². The van der Waals surface area contributed by atoms with Gasteiger partial charge >= 0.3 is 0 Å². The van der Waals surface area contributed by atoms with Crippen molar-refractivity contribution in [3.05, 3.63) is 23.8 Å². The van der Waals surface area contributed by atoms with Gasteiger partial charge in [0.25, 0.3) is 5.91 Å². The van der Waals surface area contributed by atoms with Gasteiger partial charge in [-0.25, -0.2) is 4.39 Å². The SMILES string of the molecule is COc1ccc(OC)c(CCNC(=O)C(C)(C)F)c1. The van der Waals surface area contributed by atoms with Crippen molar-refractivity contribution >= 4 is 5.91 Å². The number of alkyl halides is 1. The fraction of sp³-hybridized carbons (Fsp3) is 0.500. The molecule has 0 saturated carbocycles. The number of ether oxygens (including phenoxy) is 2. The molecule has 4 nitrogen and oxygen atoms in total. The Balaban J connectivity index is 2.64. The summed E-state index contributed by atoms with van der Waals surface area (Å²) >= 11 is 0. The number of hydrogen-bond acceptors (Lipinski definition) is 3. The molecule has 5 heteroatoms. The number of nitrogens with one attached hydrogen (secondary N) is 1. The van der Waals surface area contributed by atoms with Gasteiger partial charge in [0.2, 0.25) is 0 Å². The molecule has 0 aromatic heterocycles. The Hall–Kier alpha value is -1.78. The molecule has 0 bridgehead atoms. The van der Waals surface area contributed by atoms with Crippen LogP contribution >= 0.6 is 0 Å². The van der Waals surface area contributed by atoms with Gasteiger partial charge in [-0.2, -0.15) is 0 Å². The summed E-state index contributed by atoms with van der Waals surface area (Å²) in [6, 6.07) is 5.44. The third-order valence-electron chi connectivity index (χ3n) is 2.71. The number of benzene rings is 1. The van der Waals surface area contributed by atoms with Crippen LogP contribution in [0.1, 0.15) is 19.4 Å². The lowest BCUT2D eigenvalue weighted by Crippen LogP contribution is -2.39. The monoisotopic (exact) mass is 269 g/mol. The van der Waals surface area contributed by atoms with E-state index >= 15 is 0 Å². The Morgan fingerprint density at radius 2 is 2.00 bits per heavy atom. The molecule has 1 aromatic rings. The highest BCUT2D eigenvalue weighted by Gasteiger charge is 2.25. The highest BCUT2D eigenvalue weighted by molar-refractivity contribution is 5.84. The molecular weight excluding hydrogens is 249 g/mol. The van der Waals surface area contributed by atoms with Crippen LogP contribution in [0.2, 0.25) is 0 Å². The second-order valence-electron chi connectivity index (χ2n) is 4.66. The number of rotatable bonds is 6. The lowest BCUT2D eigenvalue weighted by atomic mass is 10.1. The van der Waals surface area contributed by atoms with Crippen LogP contribution in [-0.4, -0.2) is 32.3 Å². The minimum Gasteiger partial charge on any atom is -0.497 e. The van der Waals surface area contributed by atoms with E-state index in [0.29, 0.717) is 18.7 Å². The van der Waals surface area contributed by atoms with E-state index < -0.39 is 11.6 Å². The predicted molar refractivity (Wildman–Crippen MR) is 71.4 cm³/mol. The molecule has 0 unspecified atom stereocenters. The van der Waals surface area contributed by atoms with E-state index in [2.05, 4.69) is 5.32 Å². The van der Waals surface area contributed by atoms with Gasteiger partial charge in [-0.05, 0) is 44.0 Å². The van der Waals surface area contributed by atoms with Crippen molar-refractivity contribution in [2.45, 2.75) is 25.9 Å². The number of amides is 1. The van der Waals surface area contributed by atoms with Crippen LogP contribution in [0.15, 0.2) is 18.2 Å².